The van der Waals surface area contributed by atoms with Gasteiger partial charge in [0.25, 0.3) is 0 Å². The first-order valence-corrected chi connectivity index (χ1v) is 5.82. The van der Waals surface area contributed by atoms with E-state index in [2.05, 4.69) is 5.32 Å². The molecular weight excluding hydrogens is 251 g/mol. The van der Waals surface area contributed by atoms with Crippen molar-refractivity contribution in [2.45, 2.75) is 19.5 Å². The summed E-state index contributed by atoms with van der Waals surface area (Å²) in [6.45, 7) is 1.63. The van der Waals surface area contributed by atoms with Gasteiger partial charge >= 0.3 is 5.97 Å². The lowest BCUT2D eigenvalue weighted by atomic mass is 10.2. The second-order valence-corrected chi connectivity index (χ2v) is 4.38. The zero-order chi connectivity index (χ0) is 14.4. The van der Waals surface area contributed by atoms with Crippen LogP contribution >= 0.6 is 0 Å². The fourth-order valence-corrected chi connectivity index (χ4v) is 1.72. The third-order valence-corrected chi connectivity index (χ3v) is 2.57. The topological polar surface area (TPSA) is 69.6 Å². The maximum atomic E-state index is 13.4. The standard InChI is InChI=1S/C13H17FN2O3/c1-9(17)15-12(13(18)19)8-16(2)7-10-5-3-4-6-11(10)14/h3-6,12H,7-8H2,1-2H3,(H,15,17)(H,18,19). The molecule has 0 aliphatic carbocycles. The summed E-state index contributed by atoms with van der Waals surface area (Å²) in [5.41, 5.74) is 0.483. The van der Waals surface area contributed by atoms with Crippen molar-refractivity contribution in [1.29, 1.82) is 0 Å². The Labute approximate surface area is 111 Å². The second-order valence-electron chi connectivity index (χ2n) is 4.38. The first kappa shape index (κ1) is 15.1. The quantitative estimate of drug-likeness (QED) is 0.802. The van der Waals surface area contributed by atoms with Crippen molar-refractivity contribution in [2.24, 2.45) is 0 Å². The molecule has 0 fully saturated rings. The summed E-state index contributed by atoms with van der Waals surface area (Å²) in [5.74, 6) is -1.86. The number of halogens is 1. The number of hydrogen-bond donors (Lipinski definition) is 2. The number of nitrogens with zero attached hydrogens (tertiary/aromatic N) is 1. The molecule has 0 aliphatic rings. The molecule has 1 aromatic carbocycles. The molecule has 0 aliphatic heterocycles. The first-order valence-electron chi connectivity index (χ1n) is 5.82. The highest BCUT2D eigenvalue weighted by molar-refractivity contribution is 5.82. The van der Waals surface area contributed by atoms with E-state index in [0.717, 1.165) is 0 Å². The second kappa shape index (κ2) is 6.84. The molecule has 1 unspecified atom stereocenters. The van der Waals surface area contributed by atoms with Crippen LogP contribution in [0, 0.1) is 5.82 Å². The van der Waals surface area contributed by atoms with Gasteiger partial charge in [-0.1, -0.05) is 18.2 Å². The fraction of sp³-hybridized carbons (Fsp3) is 0.385. The van der Waals surface area contributed by atoms with Crippen LogP contribution in [0.25, 0.3) is 0 Å². The van der Waals surface area contributed by atoms with Crippen LogP contribution in [-0.4, -0.2) is 41.5 Å². The minimum Gasteiger partial charge on any atom is -0.480 e. The van der Waals surface area contributed by atoms with E-state index in [-0.39, 0.29) is 18.9 Å². The number of rotatable bonds is 6. The number of carboxylic acid groups (broad SMARTS) is 1. The number of amides is 1. The highest BCUT2D eigenvalue weighted by atomic mass is 19.1. The molecule has 5 nitrogen and oxygen atoms in total. The summed E-state index contributed by atoms with van der Waals surface area (Å²) in [6, 6.07) is 5.30. The van der Waals surface area contributed by atoms with Crippen molar-refractivity contribution in [1.82, 2.24) is 10.2 Å². The predicted octanol–water partition coefficient (Wildman–Crippen LogP) is 0.847. The summed E-state index contributed by atoms with van der Waals surface area (Å²) < 4.78 is 13.4. The van der Waals surface area contributed by atoms with Gasteiger partial charge in [-0.3, -0.25) is 9.69 Å². The normalized spacial score (nSPS) is 12.2. The maximum Gasteiger partial charge on any atom is 0.327 e. The lowest BCUT2D eigenvalue weighted by molar-refractivity contribution is -0.142. The molecule has 1 aromatic rings. The molecule has 19 heavy (non-hydrogen) atoms. The predicted molar refractivity (Wildman–Crippen MR) is 68.0 cm³/mol. The van der Waals surface area contributed by atoms with E-state index in [1.165, 1.54) is 13.0 Å². The van der Waals surface area contributed by atoms with Gasteiger partial charge in [0.1, 0.15) is 11.9 Å². The van der Waals surface area contributed by atoms with Gasteiger partial charge in [-0.2, -0.15) is 0 Å². The highest BCUT2D eigenvalue weighted by Gasteiger charge is 2.20. The third-order valence-electron chi connectivity index (χ3n) is 2.57. The van der Waals surface area contributed by atoms with E-state index in [4.69, 9.17) is 5.11 Å². The van der Waals surface area contributed by atoms with Gasteiger partial charge in [-0.25, -0.2) is 9.18 Å². The lowest BCUT2D eigenvalue weighted by Crippen LogP contribution is -2.46. The first-order chi connectivity index (χ1) is 8.90. The average molecular weight is 268 g/mol. The monoisotopic (exact) mass is 268 g/mol. The van der Waals surface area contributed by atoms with E-state index in [0.29, 0.717) is 5.56 Å². The largest absolute Gasteiger partial charge is 0.480 e. The van der Waals surface area contributed by atoms with E-state index < -0.39 is 17.9 Å². The van der Waals surface area contributed by atoms with Crippen molar-refractivity contribution in [3.63, 3.8) is 0 Å². The Balaban J connectivity index is 2.62. The SMILES string of the molecule is CC(=O)NC(CN(C)Cc1ccccc1F)C(=O)O. The van der Waals surface area contributed by atoms with Crippen LogP contribution in [0.1, 0.15) is 12.5 Å². The molecule has 104 valence electrons. The van der Waals surface area contributed by atoms with Crippen molar-refractivity contribution < 1.29 is 19.1 Å². The smallest absolute Gasteiger partial charge is 0.327 e. The Morgan fingerprint density at radius 1 is 1.42 bits per heavy atom. The van der Waals surface area contributed by atoms with Crippen molar-refractivity contribution in [3.8, 4) is 0 Å². The van der Waals surface area contributed by atoms with E-state index in [1.807, 2.05) is 0 Å². The summed E-state index contributed by atoms with van der Waals surface area (Å²) >= 11 is 0. The average Bonchev–Trinajstić information content (AvgIpc) is 2.30. The van der Waals surface area contributed by atoms with Crippen LogP contribution in [0.2, 0.25) is 0 Å². The Kier molecular flexibility index (Phi) is 5.44. The number of carbonyl (C=O) groups is 2. The number of carbonyl (C=O) groups excluding carboxylic acids is 1. The van der Waals surface area contributed by atoms with Crippen LogP contribution in [0.15, 0.2) is 24.3 Å². The Hall–Kier alpha value is -1.95. The lowest BCUT2D eigenvalue weighted by Gasteiger charge is -2.22. The summed E-state index contributed by atoms with van der Waals surface area (Å²) in [6.07, 6.45) is 0. The van der Waals surface area contributed by atoms with Crippen LogP contribution in [0.5, 0.6) is 0 Å². The molecule has 0 bridgehead atoms. The summed E-state index contributed by atoms with van der Waals surface area (Å²) in [5, 5.41) is 11.3. The van der Waals surface area contributed by atoms with Crippen LogP contribution in [0.4, 0.5) is 4.39 Å². The molecule has 0 saturated heterocycles. The molecule has 0 radical (unpaired) electrons. The van der Waals surface area contributed by atoms with Gasteiger partial charge in [-0.05, 0) is 13.1 Å². The molecule has 6 heteroatoms. The van der Waals surface area contributed by atoms with Gasteiger partial charge in [0.2, 0.25) is 5.91 Å². The summed E-state index contributed by atoms with van der Waals surface area (Å²) in [7, 11) is 1.67. The van der Waals surface area contributed by atoms with Crippen LogP contribution < -0.4 is 5.32 Å². The Bertz CT molecular complexity index is 465. The molecule has 0 aromatic heterocycles. The molecule has 2 N–H and O–H groups in total. The van der Waals surface area contributed by atoms with E-state index >= 15 is 0 Å². The number of benzene rings is 1. The van der Waals surface area contributed by atoms with Crippen LogP contribution in [0.3, 0.4) is 0 Å². The molecular formula is C13H17FN2O3. The zero-order valence-electron chi connectivity index (χ0n) is 10.9. The molecule has 1 atom stereocenters. The Morgan fingerprint density at radius 2 is 2.05 bits per heavy atom. The van der Waals surface area contributed by atoms with E-state index in [1.54, 1.807) is 30.1 Å². The number of carboxylic acids is 1. The number of nitrogens with one attached hydrogen (secondary N) is 1. The minimum atomic E-state index is -1.12. The molecule has 0 spiro atoms. The molecule has 0 saturated carbocycles. The molecule has 0 heterocycles. The minimum absolute atomic E-state index is 0.100. The van der Waals surface area contributed by atoms with Gasteiger partial charge in [0, 0.05) is 25.6 Å². The van der Waals surface area contributed by atoms with Gasteiger partial charge < -0.3 is 10.4 Å². The number of hydrogen-bond acceptors (Lipinski definition) is 3. The van der Waals surface area contributed by atoms with Gasteiger partial charge in [0.05, 0.1) is 0 Å². The maximum absolute atomic E-state index is 13.4. The number of likely N-dealkylation sites (N-methyl/N-ethyl adjacent to an activating group) is 1. The number of aliphatic carboxylic acids is 1. The fourth-order valence-electron chi connectivity index (χ4n) is 1.72. The van der Waals surface area contributed by atoms with Crippen molar-refractivity contribution >= 4 is 11.9 Å². The summed E-state index contributed by atoms with van der Waals surface area (Å²) in [4.78, 5) is 23.5. The zero-order valence-corrected chi connectivity index (χ0v) is 10.9. The van der Waals surface area contributed by atoms with Crippen LogP contribution in [-0.2, 0) is 16.1 Å². The third kappa shape index (κ3) is 5.05. The van der Waals surface area contributed by atoms with Crippen molar-refractivity contribution in [3.05, 3.63) is 35.6 Å². The van der Waals surface area contributed by atoms with Crippen molar-refractivity contribution in [2.75, 3.05) is 13.6 Å². The molecule has 1 amide bonds. The van der Waals surface area contributed by atoms with Gasteiger partial charge in [0.15, 0.2) is 0 Å². The molecule has 1 rings (SSSR count). The van der Waals surface area contributed by atoms with Gasteiger partial charge in [-0.15, -0.1) is 0 Å². The highest BCUT2D eigenvalue weighted by Crippen LogP contribution is 2.09. The van der Waals surface area contributed by atoms with E-state index in [9.17, 15) is 14.0 Å². The Morgan fingerprint density at radius 3 is 2.58 bits per heavy atom.